The zero-order valence-electron chi connectivity index (χ0n) is 16.2. The van der Waals surface area contributed by atoms with Crippen LogP contribution in [0.5, 0.6) is 0 Å². The van der Waals surface area contributed by atoms with E-state index in [1.807, 2.05) is 0 Å². The van der Waals surface area contributed by atoms with E-state index in [1.165, 1.54) is 12.1 Å². The van der Waals surface area contributed by atoms with Crippen LogP contribution in [0.15, 0.2) is 36.4 Å². The van der Waals surface area contributed by atoms with Gasteiger partial charge in [-0.1, -0.05) is 29.3 Å². The molecule has 0 aromatic heterocycles. The number of carbonyl (C=O) groups is 3. The summed E-state index contributed by atoms with van der Waals surface area (Å²) in [7, 11) is 0. The Hall–Kier alpha value is -2.58. The van der Waals surface area contributed by atoms with Gasteiger partial charge in [0, 0.05) is 10.0 Å². The fourth-order valence-electron chi connectivity index (χ4n) is 3.27. The largest absolute Gasteiger partial charge is 0.333 e. The standard InChI is InChI=1S/C21H17Cl2F3N2O3/c1-11-2-12(4-14(22)3-11)17(25)9-27-19(29)8-20(30)28(21(27)31)10-18(26)13-5-15(23)7-16(24)6-13/h2-7,17-18H,8-10H2,1H3/t17-,18-/m0/s1. The SMILES string of the molecule is Cc1cc(Cl)cc([C@@H](F)CN2C(=O)CC(=O)N(C[C@H](F)c3cc(F)cc(Cl)c3)C2=O)c1. The number of carbonyl (C=O) groups excluding carboxylic acids is 3. The molecule has 164 valence electrons. The highest BCUT2D eigenvalue weighted by Crippen LogP contribution is 2.28. The second-order valence-corrected chi connectivity index (χ2v) is 8.04. The van der Waals surface area contributed by atoms with E-state index in [0.717, 1.165) is 18.2 Å². The van der Waals surface area contributed by atoms with Gasteiger partial charge in [-0.25, -0.2) is 18.0 Å². The van der Waals surface area contributed by atoms with E-state index in [-0.39, 0.29) is 16.1 Å². The first-order chi connectivity index (χ1) is 14.5. The number of imide groups is 2. The van der Waals surface area contributed by atoms with Gasteiger partial charge in [0.15, 0.2) is 0 Å². The molecule has 1 fully saturated rings. The summed E-state index contributed by atoms with van der Waals surface area (Å²) in [6, 6.07) is 6.39. The molecular formula is C21H17Cl2F3N2O3. The zero-order chi connectivity index (χ0) is 22.9. The molecule has 2 aromatic rings. The minimum Gasteiger partial charge on any atom is -0.274 e. The Labute approximate surface area is 186 Å². The summed E-state index contributed by atoms with van der Waals surface area (Å²) < 4.78 is 43.0. The fourth-order valence-corrected chi connectivity index (χ4v) is 3.80. The first kappa shape index (κ1) is 23.1. The van der Waals surface area contributed by atoms with Gasteiger partial charge in [0.05, 0.1) is 13.1 Å². The second-order valence-electron chi connectivity index (χ2n) is 7.17. The fraction of sp³-hybridized carbons (Fsp3) is 0.286. The van der Waals surface area contributed by atoms with Crippen LogP contribution >= 0.6 is 23.2 Å². The third-order valence-corrected chi connectivity index (χ3v) is 5.16. The average Bonchev–Trinajstić information content (AvgIpc) is 2.66. The maximum Gasteiger partial charge on any atom is 0.333 e. The van der Waals surface area contributed by atoms with Crippen LogP contribution in [0.1, 0.15) is 35.5 Å². The summed E-state index contributed by atoms with van der Waals surface area (Å²) in [5.41, 5.74) is 0.672. The molecule has 1 aliphatic rings. The van der Waals surface area contributed by atoms with Gasteiger partial charge in [-0.05, 0) is 53.9 Å². The van der Waals surface area contributed by atoms with Crippen LogP contribution in [0.3, 0.4) is 0 Å². The normalized spacial score (nSPS) is 16.6. The van der Waals surface area contributed by atoms with Crippen molar-refractivity contribution in [2.24, 2.45) is 0 Å². The van der Waals surface area contributed by atoms with Crippen molar-refractivity contribution in [2.75, 3.05) is 13.1 Å². The Morgan fingerprint density at radius 1 is 0.839 bits per heavy atom. The van der Waals surface area contributed by atoms with E-state index in [1.54, 1.807) is 13.0 Å². The number of barbiturate groups is 1. The summed E-state index contributed by atoms with van der Waals surface area (Å²) >= 11 is 11.6. The summed E-state index contributed by atoms with van der Waals surface area (Å²) in [6.45, 7) is 0.276. The Morgan fingerprint density at radius 3 is 1.81 bits per heavy atom. The minimum absolute atomic E-state index is 0.0529. The highest BCUT2D eigenvalue weighted by atomic mass is 35.5. The highest BCUT2D eigenvalue weighted by molar-refractivity contribution is 6.31. The van der Waals surface area contributed by atoms with E-state index in [4.69, 9.17) is 23.2 Å². The molecule has 0 saturated carbocycles. The molecule has 3 rings (SSSR count). The van der Waals surface area contributed by atoms with Crippen LogP contribution in [-0.2, 0) is 9.59 Å². The van der Waals surface area contributed by atoms with Crippen molar-refractivity contribution in [3.05, 3.63) is 69.0 Å². The summed E-state index contributed by atoms with van der Waals surface area (Å²) in [6.07, 6.45) is -4.43. The Balaban J connectivity index is 1.77. The molecule has 4 amide bonds. The first-order valence-electron chi connectivity index (χ1n) is 9.21. The summed E-state index contributed by atoms with van der Waals surface area (Å²) in [5.74, 6) is -2.60. The van der Waals surface area contributed by atoms with E-state index in [9.17, 15) is 27.6 Å². The molecule has 0 spiro atoms. The average molecular weight is 473 g/mol. The lowest BCUT2D eigenvalue weighted by molar-refractivity contribution is -0.143. The molecule has 0 radical (unpaired) electrons. The lowest BCUT2D eigenvalue weighted by Crippen LogP contribution is -2.56. The number of hydrogen-bond acceptors (Lipinski definition) is 3. The molecule has 10 heteroatoms. The van der Waals surface area contributed by atoms with Gasteiger partial charge in [-0.2, -0.15) is 0 Å². The molecule has 5 nitrogen and oxygen atoms in total. The Bertz CT molecular complexity index is 931. The van der Waals surface area contributed by atoms with Crippen molar-refractivity contribution >= 4 is 41.0 Å². The Kier molecular flexibility index (Phi) is 6.91. The molecule has 0 bridgehead atoms. The monoisotopic (exact) mass is 472 g/mol. The van der Waals surface area contributed by atoms with Crippen molar-refractivity contribution in [2.45, 2.75) is 25.7 Å². The van der Waals surface area contributed by atoms with Gasteiger partial charge < -0.3 is 0 Å². The van der Waals surface area contributed by atoms with Crippen molar-refractivity contribution in [3.63, 3.8) is 0 Å². The number of alkyl halides is 2. The summed E-state index contributed by atoms with van der Waals surface area (Å²) in [4.78, 5) is 38.2. The smallest absolute Gasteiger partial charge is 0.274 e. The topological polar surface area (TPSA) is 57.7 Å². The predicted octanol–water partition coefficient (Wildman–Crippen LogP) is 5.34. The summed E-state index contributed by atoms with van der Waals surface area (Å²) in [5, 5.41) is 0.239. The van der Waals surface area contributed by atoms with E-state index in [0.29, 0.717) is 20.4 Å². The van der Waals surface area contributed by atoms with E-state index >= 15 is 0 Å². The molecule has 0 unspecified atom stereocenters. The van der Waals surface area contributed by atoms with Crippen LogP contribution < -0.4 is 0 Å². The van der Waals surface area contributed by atoms with Gasteiger partial charge >= 0.3 is 6.03 Å². The molecule has 1 aliphatic heterocycles. The molecular weight excluding hydrogens is 456 g/mol. The molecule has 0 N–H and O–H groups in total. The molecule has 2 aromatic carbocycles. The van der Waals surface area contributed by atoms with Gasteiger partial charge in [0.1, 0.15) is 24.6 Å². The number of aryl methyl sites for hydroxylation is 1. The third-order valence-electron chi connectivity index (χ3n) is 4.72. The van der Waals surface area contributed by atoms with Crippen molar-refractivity contribution < 1.29 is 27.6 Å². The van der Waals surface area contributed by atoms with Gasteiger partial charge in [-0.3, -0.25) is 19.4 Å². The maximum absolute atomic E-state index is 14.8. The van der Waals surface area contributed by atoms with Gasteiger partial charge in [-0.15, -0.1) is 0 Å². The van der Waals surface area contributed by atoms with Crippen LogP contribution in [0, 0.1) is 12.7 Å². The zero-order valence-corrected chi connectivity index (χ0v) is 17.8. The molecule has 0 aliphatic carbocycles. The van der Waals surface area contributed by atoms with Gasteiger partial charge in [0.25, 0.3) is 0 Å². The predicted molar refractivity (Wildman–Crippen MR) is 109 cm³/mol. The number of benzene rings is 2. The van der Waals surface area contributed by atoms with Crippen LogP contribution in [0.4, 0.5) is 18.0 Å². The lowest BCUT2D eigenvalue weighted by atomic mass is 10.1. The highest BCUT2D eigenvalue weighted by Gasteiger charge is 2.40. The van der Waals surface area contributed by atoms with E-state index < -0.39 is 55.5 Å². The van der Waals surface area contributed by atoms with Crippen LogP contribution in [0.2, 0.25) is 10.0 Å². The lowest BCUT2D eigenvalue weighted by Gasteiger charge is -2.34. The number of urea groups is 1. The number of rotatable bonds is 6. The number of hydrogen-bond donors (Lipinski definition) is 0. The van der Waals surface area contributed by atoms with Crippen LogP contribution in [0.25, 0.3) is 0 Å². The van der Waals surface area contributed by atoms with Crippen LogP contribution in [-0.4, -0.2) is 40.7 Å². The van der Waals surface area contributed by atoms with Gasteiger partial charge in [0.2, 0.25) is 11.8 Å². The number of halogens is 5. The molecule has 2 atom stereocenters. The van der Waals surface area contributed by atoms with Crippen molar-refractivity contribution in [1.82, 2.24) is 9.80 Å². The third kappa shape index (κ3) is 5.37. The molecule has 31 heavy (non-hydrogen) atoms. The minimum atomic E-state index is -1.95. The van der Waals surface area contributed by atoms with Crippen molar-refractivity contribution in [3.8, 4) is 0 Å². The first-order valence-corrected chi connectivity index (χ1v) is 9.96. The quantitative estimate of drug-likeness (QED) is 0.532. The number of amides is 4. The molecule has 1 saturated heterocycles. The number of nitrogens with zero attached hydrogens (tertiary/aromatic N) is 2. The van der Waals surface area contributed by atoms with E-state index in [2.05, 4.69) is 0 Å². The maximum atomic E-state index is 14.8. The second kappa shape index (κ2) is 9.28. The van der Waals surface area contributed by atoms with Crippen molar-refractivity contribution in [1.29, 1.82) is 0 Å². The molecule has 1 heterocycles. The Morgan fingerprint density at radius 2 is 1.32 bits per heavy atom.